The van der Waals surface area contributed by atoms with Gasteiger partial charge in [0.25, 0.3) is 0 Å². The van der Waals surface area contributed by atoms with E-state index in [9.17, 15) is 4.79 Å². The molecule has 6 heteroatoms. The molecule has 0 aliphatic carbocycles. The molecule has 0 aliphatic heterocycles. The molecular formula is C17H16Cl2O4. The molecule has 0 heterocycles. The summed E-state index contributed by atoms with van der Waals surface area (Å²) < 4.78 is 15.6. The topological polar surface area (TPSA) is 44.8 Å². The van der Waals surface area contributed by atoms with Crippen LogP contribution in [0.2, 0.25) is 10.0 Å². The number of benzene rings is 2. The maximum Gasteiger partial charge on any atom is 0.310 e. The second-order valence-corrected chi connectivity index (χ2v) is 5.54. The van der Waals surface area contributed by atoms with Crippen molar-refractivity contribution in [1.82, 2.24) is 0 Å². The summed E-state index contributed by atoms with van der Waals surface area (Å²) in [7, 11) is 2.93. The van der Waals surface area contributed by atoms with Gasteiger partial charge in [-0.05, 0) is 29.8 Å². The predicted molar refractivity (Wildman–Crippen MR) is 89.5 cm³/mol. The van der Waals surface area contributed by atoms with Gasteiger partial charge in [0.05, 0.1) is 25.7 Å². The van der Waals surface area contributed by atoms with E-state index in [1.165, 1.54) is 7.11 Å². The second-order valence-electron chi connectivity index (χ2n) is 4.73. The fraction of sp³-hybridized carbons (Fsp3) is 0.235. The van der Waals surface area contributed by atoms with Crippen LogP contribution in [0.1, 0.15) is 11.1 Å². The zero-order valence-corrected chi connectivity index (χ0v) is 14.3. The molecule has 0 aromatic heterocycles. The fourth-order valence-electron chi connectivity index (χ4n) is 1.99. The smallest absolute Gasteiger partial charge is 0.310 e. The van der Waals surface area contributed by atoms with Crippen LogP contribution in [0.15, 0.2) is 36.4 Å². The molecule has 0 amide bonds. The van der Waals surface area contributed by atoms with Crippen LogP contribution in [0.3, 0.4) is 0 Å². The van der Waals surface area contributed by atoms with Crippen LogP contribution in [-0.2, 0) is 22.6 Å². The fourth-order valence-corrected chi connectivity index (χ4v) is 2.44. The van der Waals surface area contributed by atoms with Crippen molar-refractivity contribution in [3.05, 3.63) is 57.6 Å². The number of ether oxygens (including phenoxy) is 3. The van der Waals surface area contributed by atoms with Crippen LogP contribution in [0.4, 0.5) is 0 Å². The van der Waals surface area contributed by atoms with Crippen LogP contribution in [0.25, 0.3) is 0 Å². The Labute approximate surface area is 144 Å². The first-order valence-electron chi connectivity index (χ1n) is 6.84. The molecule has 0 aliphatic rings. The molecule has 0 spiro atoms. The van der Waals surface area contributed by atoms with E-state index in [2.05, 4.69) is 4.74 Å². The van der Waals surface area contributed by atoms with Crippen LogP contribution < -0.4 is 9.47 Å². The molecule has 0 radical (unpaired) electrons. The standard InChI is InChI=1S/C17H16Cl2O4/c1-21-12-5-3-11(4-6-12)10-23-17-13(9-16(20)22-2)14(18)7-8-15(17)19/h3-8H,9-10H2,1-2H3. The van der Waals surface area contributed by atoms with Gasteiger partial charge in [-0.25, -0.2) is 0 Å². The monoisotopic (exact) mass is 354 g/mol. The molecule has 2 aromatic rings. The molecule has 0 saturated carbocycles. The number of esters is 1. The summed E-state index contributed by atoms with van der Waals surface area (Å²) in [5.41, 5.74) is 1.45. The van der Waals surface area contributed by atoms with Gasteiger partial charge >= 0.3 is 5.97 Å². The summed E-state index contributed by atoms with van der Waals surface area (Å²) in [6.45, 7) is 0.290. The first-order chi connectivity index (χ1) is 11.0. The molecule has 23 heavy (non-hydrogen) atoms. The van der Waals surface area contributed by atoms with Crippen LogP contribution in [0.5, 0.6) is 11.5 Å². The van der Waals surface area contributed by atoms with Gasteiger partial charge < -0.3 is 14.2 Å². The van der Waals surface area contributed by atoms with E-state index in [0.29, 0.717) is 21.4 Å². The average molecular weight is 355 g/mol. The van der Waals surface area contributed by atoms with Gasteiger partial charge in [-0.15, -0.1) is 0 Å². The quantitative estimate of drug-likeness (QED) is 0.725. The Kier molecular flexibility index (Phi) is 6.13. The van der Waals surface area contributed by atoms with Crippen LogP contribution in [0, 0.1) is 0 Å². The van der Waals surface area contributed by atoms with Crippen molar-refractivity contribution in [2.75, 3.05) is 14.2 Å². The van der Waals surface area contributed by atoms with E-state index in [0.717, 1.165) is 11.3 Å². The lowest BCUT2D eigenvalue weighted by Crippen LogP contribution is -2.08. The maximum atomic E-state index is 11.5. The van der Waals surface area contributed by atoms with E-state index in [1.54, 1.807) is 19.2 Å². The number of hydrogen-bond donors (Lipinski definition) is 0. The van der Waals surface area contributed by atoms with E-state index in [-0.39, 0.29) is 13.0 Å². The van der Waals surface area contributed by atoms with Crippen molar-refractivity contribution < 1.29 is 19.0 Å². The number of hydrogen-bond acceptors (Lipinski definition) is 4. The zero-order chi connectivity index (χ0) is 16.8. The molecule has 0 saturated heterocycles. The number of rotatable bonds is 6. The molecule has 0 unspecified atom stereocenters. The van der Waals surface area contributed by atoms with E-state index in [4.69, 9.17) is 32.7 Å². The van der Waals surface area contributed by atoms with Gasteiger partial charge in [-0.1, -0.05) is 35.3 Å². The Hall–Kier alpha value is -1.91. The number of methoxy groups -OCH3 is 2. The van der Waals surface area contributed by atoms with Crippen molar-refractivity contribution in [3.63, 3.8) is 0 Å². The highest BCUT2D eigenvalue weighted by atomic mass is 35.5. The third-order valence-electron chi connectivity index (χ3n) is 3.25. The Bertz CT molecular complexity index is 684. The largest absolute Gasteiger partial charge is 0.497 e. The van der Waals surface area contributed by atoms with Crippen molar-refractivity contribution in [3.8, 4) is 11.5 Å². The highest BCUT2D eigenvalue weighted by molar-refractivity contribution is 6.35. The van der Waals surface area contributed by atoms with E-state index in [1.807, 2.05) is 24.3 Å². The Morgan fingerprint density at radius 1 is 1.00 bits per heavy atom. The second kappa shape index (κ2) is 8.09. The van der Waals surface area contributed by atoms with Gasteiger partial charge in [0.2, 0.25) is 0 Å². The van der Waals surface area contributed by atoms with Crippen LogP contribution in [-0.4, -0.2) is 20.2 Å². The number of halogens is 2. The van der Waals surface area contributed by atoms with Crippen molar-refractivity contribution in [1.29, 1.82) is 0 Å². The highest BCUT2D eigenvalue weighted by Gasteiger charge is 2.17. The molecule has 0 atom stereocenters. The minimum absolute atomic E-state index is 0.00611. The lowest BCUT2D eigenvalue weighted by molar-refractivity contribution is -0.139. The molecule has 122 valence electrons. The SMILES string of the molecule is COC(=O)Cc1c(Cl)ccc(Cl)c1OCc1ccc(OC)cc1. The van der Waals surface area contributed by atoms with Crippen molar-refractivity contribution >= 4 is 29.2 Å². The van der Waals surface area contributed by atoms with E-state index >= 15 is 0 Å². The Morgan fingerprint density at radius 3 is 2.26 bits per heavy atom. The zero-order valence-electron chi connectivity index (χ0n) is 12.8. The molecule has 4 nitrogen and oxygen atoms in total. The lowest BCUT2D eigenvalue weighted by Gasteiger charge is -2.14. The average Bonchev–Trinajstić information content (AvgIpc) is 2.58. The molecule has 2 aromatic carbocycles. The number of carbonyl (C=O) groups excluding carboxylic acids is 1. The first kappa shape index (κ1) is 17.4. The van der Waals surface area contributed by atoms with Gasteiger partial charge in [-0.3, -0.25) is 4.79 Å². The minimum atomic E-state index is -0.413. The summed E-state index contributed by atoms with van der Waals surface area (Å²) in [6.07, 6.45) is -0.00611. The van der Waals surface area contributed by atoms with Gasteiger partial charge in [-0.2, -0.15) is 0 Å². The minimum Gasteiger partial charge on any atom is -0.497 e. The van der Waals surface area contributed by atoms with Gasteiger partial charge in [0, 0.05) is 10.6 Å². The molecule has 0 fully saturated rings. The summed E-state index contributed by atoms with van der Waals surface area (Å²) in [5.74, 6) is 0.741. The summed E-state index contributed by atoms with van der Waals surface area (Å²) in [6, 6.07) is 10.7. The Balaban J connectivity index is 2.20. The van der Waals surface area contributed by atoms with Gasteiger partial charge in [0.15, 0.2) is 0 Å². The summed E-state index contributed by atoms with van der Waals surface area (Å²) in [4.78, 5) is 11.5. The normalized spacial score (nSPS) is 10.3. The molecule has 0 bridgehead atoms. The van der Waals surface area contributed by atoms with Crippen molar-refractivity contribution in [2.24, 2.45) is 0 Å². The Morgan fingerprint density at radius 2 is 1.65 bits per heavy atom. The molecule has 2 rings (SSSR count). The van der Waals surface area contributed by atoms with Crippen LogP contribution >= 0.6 is 23.2 Å². The third kappa shape index (κ3) is 4.53. The predicted octanol–water partition coefficient (Wildman–Crippen LogP) is 4.30. The first-order valence-corrected chi connectivity index (χ1v) is 7.60. The third-order valence-corrected chi connectivity index (χ3v) is 3.90. The maximum absolute atomic E-state index is 11.5. The summed E-state index contributed by atoms with van der Waals surface area (Å²) in [5, 5.41) is 0.798. The van der Waals surface area contributed by atoms with Gasteiger partial charge in [0.1, 0.15) is 18.1 Å². The number of carbonyl (C=O) groups is 1. The molecular weight excluding hydrogens is 339 g/mol. The lowest BCUT2D eigenvalue weighted by atomic mass is 10.1. The molecule has 0 N–H and O–H groups in total. The summed E-state index contributed by atoms with van der Waals surface area (Å²) >= 11 is 12.3. The van der Waals surface area contributed by atoms with Crippen molar-refractivity contribution in [2.45, 2.75) is 13.0 Å². The van der Waals surface area contributed by atoms with E-state index < -0.39 is 5.97 Å². The highest BCUT2D eigenvalue weighted by Crippen LogP contribution is 2.35.